The number of nitrogens with zero attached hydrogens (tertiary/aromatic N) is 1. The number of hydrogen-bond acceptors (Lipinski definition) is 5. The molecule has 7 nitrogen and oxygen atoms in total. The lowest BCUT2D eigenvalue weighted by Gasteiger charge is -2.29. The second kappa shape index (κ2) is 7.47. The van der Waals surface area contributed by atoms with Crippen molar-refractivity contribution >= 4 is 18.0 Å². The van der Waals surface area contributed by atoms with Gasteiger partial charge in [0.05, 0.1) is 0 Å². The molecule has 1 N–H and O–H groups in total. The van der Waals surface area contributed by atoms with Gasteiger partial charge in [-0.3, -0.25) is 9.59 Å². The largest absolute Gasteiger partial charge is 0.460 e. The summed E-state index contributed by atoms with van der Waals surface area (Å²) in [5, 5.41) is 2.53. The number of carbonyl (C=O) groups is 3. The fourth-order valence-corrected chi connectivity index (χ4v) is 2.28. The smallest absolute Gasteiger partial charge is 0.408 e. The van der Waals surface area contributed by atoms with E-state index >= 15 is 0 Å². The van der Waals surface area contributed by atoms with Crippen molar-refractivity contribution in [3.63, 3.8) is 0 Å². The van der Waals surface area contributed by atoms with Crippen LogP contribution in [0.5, 0.6) is 0 Å². The summed E-state index contributed by atoms with van der Waals surface area (Å²) in [5.41, 5.74) is -0.671. The molecule has 0 aromatic rings. The number of nitrogens with one attached hydrogen (secondary N) is 1. The zero-order valence-electron chi connectivity index (χ0n) is 14.0. The maximum Gasteiger partial charge on any atom is 0.408 e. The molecule has 1 saturated heterocycles. The minimum atomic E-state index is -0.947. The van der Waals surface area contributed by atoms with Gasteiger partial charge in [-0.15, -0.1) is 0 Å². The first kappa shape index (κ1) is 18.3. The fraction of sp³-hybridized carbons (Fsp3) is 0.800. The van der Waals surface area contributed by atoms with Crippen LogP contribution < -0.4 is 5.32 Å². The van der Waals surface area contributed by atoms with E-state index in [-0.39, 0.29) is 5.91 Å². The van der Waals surface area contributed by atoms with Gasteiger partial charge in [0.25, 0.3) is 0 Å². The maximum absolute atomic E-state index is 12.5. The molecule has 1 rings (SSSR count). The Morgan fingerprint density at radius 3 is 2.14 bits per heavy atom. The molecule has 7 heteroatoms. The van der Waals surface area contributed by atoms with Crippen LogP contribution in [0.1, 0.15) is 47.5 Å². The van der Waals surface area contributed by atoms with E-state index in [0.717, 1.165) is 12.8 Å². The lowest BCUT2D eigenvalue weighted by atomic mass is 10.1. The van der Waals surface area contributed by atoms with Crippen molar-refractivity contribution in [2.24, 2.45) is 0 Å². The molecule has 2 atom stereocenters. The molecule has 126 valence electrons. The predicted octanol–water partition coefficient (Wildman–Crippen LogP) is 1.45. The van der Waals surface area contributed by atoms with Crippen molar-refractivity contribution in [2.75, 3.05) is 13.1 Å². The van der Waals surface area contributed by atoms with Crippen LogP contribution in [0.15, 0.2) is 0 Å². The van der Waals surface area contributed by atoms with Gasteiger partial charge in [-0.05, 0) is 40.5 Å². The topological polar surface area (TPSA) is 84.9 Å². The van der Waals surface area contributed by atoms with Gasteiger partial charge in [0.15, 0.2) is 0 Å². The first-order chi connectivity index (χ1) is 10.1. The lowest BCUT2D eigenvalue weighted by Crippen LogP contribution is -2.54. The van der Waals surface area contributed by atoms with E-state index in [2.05, 4.69) is 5.32 Å². The lowest BCUT2D eigenvalue weighted by molar-refractivity contribution is -0.150. The molecule has 0 aromatic carbocycles. The zero-order chi connectivity index (χ0) is 16.9. The van der Waals surface area contributed by atoms with Gasteiger partial charge in [-0.1, -0.05) is 0 Å². The number of hydrogen-bond donors (Lipinski definition) is 1. The summed E-state index contributed by atoms with van der Waals surface area (Å²) in [4.78, 5) is 37.3. The molecule has 0 aliphatic carbocycles. The molecule has 0 saturated carbocycles. The Morgan fingerprint density at radius 2 is 1.68 bits per heavy atom. The number of esters is 1. The monoisotopic (exact) mass is 314 g/mol. The Bertz CT molecular complexity index is 424. The highest BCUT2D eigenvalue weighted by Gasteiger charge is 2.34. The van der Waals surface area contributed by atoms with E-state index in [1.54, 1.807) is 32.6 Å². The summed E-state index contributed by atoms with van der Waals surface area (Å²) in [7, 11) is 0. The summed E-state index contributed by atoms with van der Waals surface area (Å²) in [5.74, 6) is -0.755. The summed E-state index contributed by atoms with van der Waals surface area (Å²) < 4.78 is 10.2. The Kier molecular flexibility index (Phi) is 6.20. The third-order valence-electron chi connectivity index (χ3n) is 3.18. The van der Waals surface area contributed by atoms with Crippen LogP contribution in [0.2, 0.25) is 0 Å². The maximum atomic E-state index is 12.5. The van der Waals surface area contributed by atoms with Crippen molar-refractivity contribution in [1.29, 1.82) is 0 Å². The summed E-state index contributed by atoms with van der Waals surface area (Å²) in [6, 6.07) is -0.947. The Hall–Kier alpha value is -1.79. The normalized spacial score (nSPS) is 17.6. The van der Waals surface area contributed by atoms with Gasteiger partial charge in [-0.2, -0.15) is 0 Å². The summed E-state index contributed by atoms with van der Waals surface area (Å²) >= 11 is 0. The van der Waals surface area contributed by atoms with E-state index in [9.17, 15) is 14.4 Å². The highest BCUT2D eigenvalue weighted by atomic mass is 16.6. The molecule has 0 spiro atoms. The summed E-state index contributed by atoms with van der Waals surface area (Å²) in [6.45, 7) is 9.35. The van der Waals surface area contributed by atoms with Gasteiger partial charge in [0.1, 0.15) is 17.7 Å². The van der Waals surface area contributed by atoms with Crippen molar-refractivity contribution in [3.8, 4) is 0 Å². The fourth-order valence-electron chi connectivity index (χ4n) is 2.28. The van der Waals surface area contributed by atoms with Crippen molar-refractivity contribution in [2.45, 2.75) is 65.2 Å². The molecule has 0 radical (unpaired) electrons. The van der Waals surface area contributed by atoms with Gasteiger partial charge in [0, 0.05) is 20.0 Å². The minimum Gasteiger partial charge on any atom is -0.460 e. The van der Waals surface area contributed by atoms with E-state index in [1.807, 2.05) is 0 Å². The van der Waals surface area contributed by atoms with Crippen molar-refractivity contribution < 1.29 is 23.9 Å². The number of likely N-dealkylation sites (tertiary alicyclic amines) is 1. The Morgan fingerprint density at radius 1 is 1.14 bits per heavy atom. The van der Waals surface area contributed by atoms with Gasteiger partial charge in [0.2, 0.25) is 5.91 Å². The number of amides is 2. The predicted molar refractivity (Wildman–Crippen MR) is 80.2 cm³/mol. The second-order valence-electron chi connectivity index (χ2n) is 6.47. The first-order valence-electron chi connectivity index (χ1n) is 7.55. The minimum absolute atomic E-state index is 0.253. The molecule has 1 heterocycles. The molecule has 22 heavy (non-hydrogen) atoms. The highest BCUT2D eigenvalue weighted by molar-refractivity contribution is 5.87. The Balaban J connectivity index is 2.78. The van der Waals surface area contributed by atoms with E-state index in [0.29, 0.717) is 13.1 Å². The highest BCUT2D eigenvalue weighted by Crippen LogP contribution is 2.13. The number of rotatable bonds is 4. The first-order valence-corrected chi connectivity index (χ1v) is 7.55. The molecular formula is C15H26N2O5. The van der Waals surface area contributed by atoms with Crippen LogP contribution in [0.25, 0.3) is 0 Å². The molecule has 0 bridgehead atoms. The molecule has 2 amide bonds. The van der Waals surface area contributed by atoms with Gasteiger partial charge in [-0.25, -0.2) is 4.79 Å². The number of ether oxygens (including phenoxy) is 2. The molecule has 0 aromatic heterocycles. The SMILES string of the molecule is CC(=O)O[C@H](C)C(NC(=O)OC(C)(C)C)C(=O)N1CCCC1. The molecular weight excluding hydrogens is 288 g/mol. The second-order valence-corrected chi connectivity index (χ2v) is 6.47. The quantitative estimate of drug-likeness (QED) is 0.794. The third kappa shape index (κ3) is 5.91. The van der Waals surface area contributed by atoms with Crippen LogP contribution in [0, 0.1) is 0 Å². The van der Waals surface area contributed by atoms with E-state index in [4.69, 9.17) is 9.47 Å². The van der Waals surface area contributed by atoms with Gasteiger partial charge < -0.3 is 19.7 Å². The average Bonchev–Trinajstić information content (AvgIpc) is 2.85. The van der Waals surface area contributed by atoms with E-state index < -0.39 is 29.8 Å². The molecule has 1 unspecified atom stereocenters. The van der Waals surface area contributed by atoms with Gasteiger partial charge >= 0.3 is 12.1 Å². The van der Waals surface area contributed by atoms with Crippen molar-refractivity contribution in [1.82, 2.24) is 10.2 Å². The van der Waals surface area contributed by atoms with Crippen LogP contribution in [0.4, 0.5) is 4.79 Å². The Labute approximate surface area is 131 Å². The average molecular weight is 314 g/mol. The molecule has 1 fully saturated rings. The van der Waals surface area contributed by atoms with Crippen LogP contribution in [-0.4, -0.2) is 53.7 Å². The number of carbonyl (C=O) groups excluding carboxylic acids is 3. The van der Waals surface area contributed by atoms with Crippen molar-refractivity contribution in [3.05, 3.63) is 0 Å². The molecule has 1 aliphatic heterocycles. The molecule has 1 aliphatic rings. The van der Waals surface area contributed by atoms with Crippen LogP contribution >= 0.6 is 0 Å². The number of alkyl carbamates (subject to hydrolysis) is 1. The third-order valence-corrected chi connectivity index (χ3v) is 3.18. The van der Waals surface area contributed by atoms with Crippen LogP contribution in [-0.2, 0) is 19.1 Å². The zero-order valence-corrected chi connectivity index (χ0v) is 14.0. The summed E-state index contributed by atoms with van der Waals surface area (Å²) in [6.07, 6.45) is 0.404. The standard InChI is InChI=1S/C15H26N2O5/c1-10(21-11(2)18)12(13(19)17-8-6-7-9-17)16-14(20)22-15(3,4)5/h10,12H,6-9H2,1-5H3,(H,16,20)/t10-,12?/m1/s1. The van der Waals surface area contributed by atoms with E-state index in [1.165, 1.54) is 6.92 Å². The van der Waals surface area contributed by atoms with Crippen LogP contribution in [0.3, 0.4) is 0 Å².